The molecule has 0 spiro atoms. The van der Waals surface area contributed by atoms with Gasteiger partial charge in [-0.3, -0.25) is 4.79 Å². The van der Waals surface area contributed by atoms with Crippen LogP contribution >= 0.6 is 0 Å². The Labute approximate surface area is 120 Å². The van der Waals surface area contributed by atoms with E-state index in [4.69, 9.17) is 0 Å². The summed E-state index contributed by atoms with van der Waals surface area (Å²) in [7, 11) is 0. The summed E-state index contributed by atoms with van der Waals surface area (Å²) in [6.07, 6.45) is 3.74. The van der Waals surface area contributed by atoms with E-state index >= 15 is 0 Å². The molecule has 1 N–H and O–H groups in total. The standard InChI is InChI=1S/C16H23FN2O/c1-2-18-15(13-8-5-6-9-14(13)17)12-19-11-7-3-4-10-16(19)20/h5-6,8-9,15,18H,2-4,7,10-12H2,1H3. The van der Waals surface area contributed by atoms with Crippen molar-refractivity contribution in [3.63, 3.8) is 0 Å². The zero-order chi connectivity index (χ0) is 14.4. The second kappa shape index (κ2) is 7.39. The van der Waals surface area contributed by atoms with Crippen molar-refractivity contribution in [3.05, 3.63) is 35.6 Å². The number of nitrogens with one attached hydrogen (secondary N) is 1. The number of likely N-dealkylation sites (tertiary alicyclic amines) is 1. The van der Waals surface area contributed by atoms with Crippen molar-refractivity contribution in [1.82, 2.24) is 10.2 Å². The van der Waals surface area contributed by atoms with Crippen LogP contribution in [0.25, 0.3) is 0 Å². The van der Waals surface area contributed by atoms with Gasteiger partial charge >= 0.3 is 0 Å². The molecule has 1 atom stereocenters. The molecule has 1 aliphatic rings. The van der Waals surface area contributed by atoms with Crippen LogP contribution in [0, 0.1) is 5.82 Å². The van der Waals surface area contributed by atoms with Crippen LogP contribution in [0.15, 0.2) is 24.3 Å². The number of benzene rings is 1. The van der Waals surface area contributed by atoms with Crippen molar-refractivity contribution >= 4 is 5.91 Å². The van der Waals surface area contributed by atoms with Crippen LogP contribution < -0.4 is 5.32 Å². The maximum absolute atomic E-state index is 14.0. The Hall–Kier alpha value is -1.42. The quantitative estimate of drug-likeness (QED) is 0.898. The van der Waals surface area contributed by atoms with E-state index in [1.165, 1.54) is 6.07 Å². The molecule has 1 heterocycles. The maximum atomic E-state index is 14.0. The van der Waals surface area contributed by atoms with Crippen LogP contribution in [0.3, 0.4) is 0 Å². The number of likely N-dealkylation sites (N-methyl/N-ethyl adjacent to an activating group) is 1. The van der Waals surface area contributed by atoms with Gasteiger partial charge in [-0.25, -0.2) is 4.39 Å². The van der Waals surface area contributed by atoms with E-state index < -0.39 is 0 Å². The predicted molar refractivity (Wildman–Crippen MR) is 77.9 cm³/mol. The van der Waals surface area contributed by atoms with Crippen molar-refractivity contribution < 1.29 is 9.18 Å². The van der Waals surface area contributed by atoms with Gasteiger partial charge in [0.15, 0.2) is 0 Å². The average molecular weight is 278 g/mol. The molecule has 20 heavy (non-hydrogen) atoms. The zero-order valence-electron chi connectivity index (χ0n) is 12.1. The average Bonchev–Trinajstić information content (AvgIpc) is 2.64. The highest BCUT2D eigenvalue weighted by Crippen LogP contribution is 2.20. The number of rotatable bonds is 5. The van der Waals surface area contributed by atoms with Crippen LogP contribution in [-0.4, -0.2) is 30.4 Å². The minimum absolute atomic E-state index is 0.136. The van der Waals surface area contributed by atoms with Crippen LogP contribution in [0.2, 0.25) is 0 Å². The first-order chi connectivity index (χ1) is 9.72. The highest BCUT2D eigenvalue weighted by Gasteiger charge is 2.22. The Kier molecular flexibility index (Phi) is 5.53. The molecule has 2 rings (SSSR count). The normalized spacial score (nSPS) is 17.9. The molecular weight excluding hydrogens is 255 g/mol. The summed E-state index contributed by atoms with van der Waals surface area (Å²) in [4.78, 5) is 14.0. The van der Waals surface area contributed by atoms with Crippen LogP contribution in [-0.2, 0) is 4.79 Å². The number of halogens is 1. The third-order valence-electron chi connectivity index (χ3n) is 3.81. The molecule has 110 valence electrons. The number of amides is 1. The SMILES string of the molecule is CCNC(CN1CCCCCC1=O)c1ccccc1F. The van der Waals surface area contributed by atoms with E-state index in [-0.39, 0.29) is 17.8 Å². The van der Waals surface area contributed by atoms with E-state index in [9.17, 15) is 9.18 Å². The molecule has 1 saturated heterocycles. The van der Waals surface area contributed by atoms with Crippen molar-refractivity contribution in [2.24, 2.45) is 0 Å². The summed E-state index contributed by atoms with van der Waals surface area (Å²) in [6, 6.07) is 6.67. The monoisotopic (exact) mass is 278 g/mol. The minimum atomic E-state index is -0.208. The van der Waals surface area contributed by atoms with Gasteiger partial charge in [0.05, 0.1) is 6.04 Å². The summed E-state index contributed by atoms with van der Waals surface area (Å²) in [5.74, 6) is -0.0116. The van der Waals surface area contributed by atoms with E-state index in [0.29, 0.717) is 18.5 Å². The van der Waals surface area contributed by atoms with Gasteiger partial charge < -0.3 is 10.2 Å². The van der Waals surface area contributed by atoms with Gasteiger partial charge in [-0.15, -0.1) is 0 Å². The molecule has 1 aliphatic heterocycles. The Bertz CT molecular complexity index is 450. The Morgan fingerprint density at radius 3 is 2.85 bits per heavy atom. The molecule has 0 aromatic heterocycles. The first-order valence-electron chi connectivity index (χ1n) is 7.48. The topological polar surface area (TPSA) is 32.3 Å². The van der Waals surface area contributed by atoms with Crippen LogP contribution in [0.4, 0.5) is 4.39 Å². The van der Waals surface area contributed by atoms with Gasteiger partial charge in [0, 0.05) is 25.1 Å². The van der Waals surface area contributed by atoms with E-state index in [1.807, 2.05) is 17.9 Å². The summed E-state index contributed by atoms with van der Waals surface area (Å²) < 4.78 is 14.0. The maximum Gasteiger partial charge on any atom is 0.222 e. The lowest BCUT2D eigenvalue weighted by Crippen LogP contribution is -2.39. The molecular formula is C16H23FN2O. The Morgan fingerprint density at radius 1 is 1.30 bits per heavy atom. The Balaban J connectivity index is 2.12. The second-order valence-corrected chi connectivity index (χ2v) is 5.28. The van der Waals surface area contributed by atoms with Crippen molar-refractivity contribution in [2.75, 3.05) is 19.6 Å². The third kappa shape index (κ3) is 3.79. The first-order valence-corrected chi connectivity index (χ1v) is 7.48. The van der Waals surface area contributed by atoms with Crippen molar-refractivity contribution in [3.8, 4) is 0 Å². The summed E-state index contributed by atoms with van der Waals surface area (Å²) >= 11 is 0. The molecule has 1 aromatic rings. The lowest BCUT2D eigenvalue weighted by Gasteiger charge is -2.27. The molecule has 4 heteroatoms. The lowest BCUT2D eigenvalue weighted by atomic mass is 10.1. The largest absolute Gasteiger partial charge is 0.341 e. The molecule has 0 radical (unpaired) electrons. The Morgan fingerprint density at radius 2 is 2.10 bits per heavy atom. The molecule has 1 unspecified atom stereocenters. The fourth-order valence-electron chi connectivity index (χ4n) is 2.73. The highest BCUT2D eigenvalue weighted by atomic mass is 19.1. The summed E-state index contributed by atoms with van der Waals surface area (Å²) in [5, 5.41) is 3.29. The molecule has 0 aliphatic carbocycles. The fourth-order valence-corrected chi connectivity index (χ4v) is 2.73. The minimum Gasteiger partial charge on any atom is -0.341 e. The van der Waals surface area contributed by atoms with Crippen LogP contribution in [0.5, 0.6) is 0 Å². The first kappa shape index (κ1) is 15.0. The molecule has 1 amide bonds. The van der Waals surface area contributed by atoms with Gasteiger partial charge in [-0.2, -0.15) is 0 Å². The number of carbonyl (C=O) groups excluding carboxylic acids is 1. The summed E-state index contributed by atoms with van der Waals surface area (Å²) in [5.41, 5.74) is 0.645. The van der Waals surface area contributed by atoms with Gasteiger partial charge in [0.25, 0.3) is 0 Å². The predicted octanol–water partition coefficient (Wildman–Crippen LogP) is 2.88. The van der Waals surface area contributed by atoms with Crippen molar-refractivity contribution in [1.29, 1.82) is 0 Å². The van der Waals surface area contributed by atoms with E-state index in [0.717, 1.165) is 32.4 Å². The zero-order valence-corrected chi connectivity index (χ0v) is 12.1. The van der Waals surface area contributed by atoms with Gasteiger partial charge in [0.1, 0.15) is 5.82 Å². The third-order valence-corrected chi connectivity index (χ3v) is 3.81. The highest BCUT2D eigenvalue weighted by molar-refractivity contribution is 5.76. The number of carbonyl (C=O) groups is 1. The van der Waals surface area contributed by atoms with Crippen LogP contribution in [0.1, 0.15) is 44.2 Å². The van der Waals surface area contributed by atoms with Gasteiger partial charge in [-0.1, -0.05) is 31.5 Å². The second-order valence-electron chi connectivity index (χ2n) is 5.28. The molecule has 0 bridgehead atoms. The lowest BCUT2D eigenvalue weighted by molar-refractivity contribution is -0.131. The summed E-state index contributed by atoms with van der Waals surface area (Å²) in [6.45, 7) is 4.09. The molecule has 1 fully saturated rings. The fraction of sp³-hybridized carbons (Fsp3) is 0.562. The number of hydrogen-bond acceptors (Lipinski definition) is 2. The van der Waals surface area contributed by atoms with E-state index in [1.54, 1.807) is 12.1 Å². The molecule has 0 saturated carbocycles. The van der Waals surface area contributed by atoms with Gasteiger partial charge in [-0.05, 0) is 25.5 Å². The van der Waals surface area contributed by atoms with Gasteiger partial charge in [0.2, 0.25) is 5.91 Å². The number of nitrogens with zero attached hydrogens (tertiary/aromatic N) is 1. The molecule has 1 aromatic carbocycles. The van der Waals surface area contributed by atoms with Crippen molar-refractivity contribution in [2.45, 2.75) is 38.6 Å². The number of hydrogen-bond donors (Lipinski definition) is 1. The van der Waals surface area contributed by atoms with E-state index in [2.05, 4.69) is 5.32 Å². The smallest absolute Gasteiger partial charge is 0.222 e. The molecule has 3 nitrogen and oxygen atoms in total.